The van der Waals surface area contributed by atoms with Crippen molar-refractivity contribution >= 4 is 19.9 Å². The highest BCUT2D eigenvalue weighted by Gasteiger charge is 2.41. The van der Waals surface area contributed by atoms with Crippen molar-refractivity contribution in [3.05, 3.63) is 30.3 Å². The minimum Gasteiger partial charge on any atom is -0.223 e. The number of benzene rings is 1. The van der Waals surface area contributed by atoms with Crippen molar-refractivity contribution in [2.75, 3.05) is 13.1 Å². The molecule has 1 aliphatic heterocycles. The molecule has 0 aromatic heterocycles. The van der Waals surface area contributed by atoms with Crippen LogP contribution in [-0.2, 0) is 19.9 Å². The highest BCUT2D eigenvalue weighted by molar-refractivity contribution is 7.92. The second kappa shape index (κ2) is 6.53. The normalized spacial score (nSPS) is 24.8. The molecule has 0 amide bonds. The Hall–Kier alpha value is -0.920. The average Bonchev–Trinajstić information content (AvgIpc) is 3.08. The molecule has 0 bridgehead atoms. The van der Waals surface area contributed by atoms with Crippen molar-refractivity contribution in [1.82, 2.24) is 4.31 Å². The molecule has 2 fully saturated rings. The summed E-state index contributed by atoms with van der Waals surface area (Å²) in [6.07, 6.45) is 4.77. The third-order valence-corrected chi connectivity index (χ3v) is 9.51. The van der Waals surface area contributed by atoms with Gasteiger partial charge in [-0.3, -0.25) is 0 Å². The van der Waals surface area contributed by atoms with Gasteiger partial charge in [-0.05, 0) is 31.4 Å². The lowest BCUT2D eigenvalue weighted by Gasteiger charge is -2.27. The van der Waals surface area contributed by atoms with Gasteiger partial charge in [0.15, 0.2) is 9.84 Å². The van der Waals surface area contributed by atoms with E-state index in [0.717, 1.165) is 19.3 Å². The Morgan fingerprint density at radius 2 is 1.48 bits per heavy atom. The Labute approximate surface area is 138 Å². The molecular weight excluding hydrogens is 334 g/mol. The second-order valence-corrected chi connectivity index (χ2v) is 10.9. The van der Waals surface area contributed by atoms with Crippen LogP contribution >= 0.6 is 0 Å². The third kappa shape index (κ3) is 3.32. The first-order valence-corrected chi connectivity index (χ1v) is 11.3. The Bertz CT molecular complexity index is 738. The molecule has 1 atom stereocenters. The largest absolute Gasteiger partial charge is 0.223 e. The van der Waals surface area contributed by atoms with E-state index >= 15 is 0 Å². The van der Waals surface area contributed by atoms with E-state index < -0.39 is 25.1 Å². The zero-order valence-electron chi connectivity index (χ0n) is 13.1. The number of hydrogen-bond acceptors (Lipinski definition) is 4. The Balaban J connectivity index is 1.76. The lowest BCUT2D eigenvalue weighted by molar-refractivity contribution is 0.428. The van der Waals surface area contributed by atoms with Crippen molar-refractivity contribution < 1.29 is 16.8 Å². The number of nitrogens with zero attached hydrogens (tertiary/aromatic N) is 1. The molecule has 1 saturated heterocycles. The summed E-state index contributed by atoms with van der Waals surface area (Å²) in [5.41, 5.74) is 0. The van der Waals surface area contributed by atoms with E-state index in [4.69, 9.17) is 0 Å². The fraction of sp³-hybridized carbons (Fsp3) is 0.625. The van der Waals surface area contributed by atoms with Crippen LogP contribution in [-0.4, -0.2) is 44.7 Å². The van der Waals surface area contributed by atoms with Gasteiger partial charge in [-0.25, -0.2) is 21.1 Å². The zero-order valence-corrected chi connectivity index (χ0v) is 14.7. The maximum atomic E-state index is 12.7. The summed E-state index contributed by atoms with van der Waals surface area (Å²) in [5.74, 6) is 0. The predicted molar refractivity (Wildman–Crippen MR) is 89.4 cm³/mol. The molecule has 1 aromatic rings. The van der Waals surface area contributed by atoms with E-state index in [-0.39, 0.29) is 16.7 Å². The van der Waals surface area contributed by atoms with Gasteiger partial charge in [-0.2, -0.15) is 0 Å². The lowest BCUT2D eigenvalue weighted by atomic mass is 10.0. The Kier molecular flexibility index (Phi) is 4.80. The summed E-state index contributed by atoms with van der Waals surface area (Å²) in [6.45, 7) is 0.408. The van der Waals surface area contributed by atoms with Crippen LogP contribution in [0.1, 0.15) is 38.5 Å². The molecule has 128 valence electrons. The van der Waals surface area contributed by atoms with Crippen LogP contribution in [0.15, 0.2) is 35.2 Å². The smallest absolute Gasteiger partial charge is 0.217 e. The van der Waals surface area contributed by atoms with Gasteiger partial charge in [0.25, 0.3) is 0 Å². The number of hydrogen-bond donors (Lipinski definition) is 0. The van der Waals surface area contributed by atoms with E-state index in [0.29, 0.717) is 25.8 Å². The summed E-state index contributed by atoms with van der Waals surface area (Å²) < 4.78 is 52.2. The summed E-state index contributed by atoms with van der Waals surface area (Å²) in [4.78, 5) is 0.280. The van der Waals surface area contributed by atoms with Gasteiger partial charge in [0.2, 0.25) is 10.0 Å². The van der Waals surface area contributed by atoms with Crippen molar-refractivity contribution in [2.24, 2.45) is 0 Å². The van der Waals surface area contributed by atoms with Crippen LogP contribution in [0.4, 0.5) is 0 Å². The van der Waals surface area contributed by atoms with Crippen molar-refractivity contribution in [2.45, 2.75) is 53.9 Å². The summed E-state index contributed by atoms with van der Waals surface area (Å²) in [6, 6.07) is 8.31. The van der Waals surface area contributed by atoms with Crippen LogP contribution in [0.5, 0.6) is 0 Å². The molecule has 7 heteroatoms. The van der Waals surface area contributed by atoms with Crippen LogP contribution in [0.2, 0.25) is 0 Å². The van der Waals surface area contributed by atoms with Gasteiger partial charge in [0.05, 0.1) is 15.4 Å². The van der Waals surface area contributed by atoms with Crippen LogP contribution in [0.3, 0.4) is 0 Å². The average molecular weight is 357 g/mol. The highest BCUT2D eigenvalue weighted by Crippen LogP contribution is 2.31. The van der Waals surface area contributed by atoms with Gasteiger partial charge in [-0.1, -0.05) is 37.5 Å². The Morgan fingerprint density at radius 1 is 0.826 bits per heavy atom. The number of rotatable bonds is 4. The zero-order chi connectivity index (χ0) is 16.5. The van der Waals surface area contributed by atoms with Gasteiger partial charge < -0.3 is 0 Å². The maximum Gasteiger partial charge on any atom is 0.217 e. The highest BCUT2D eigenvalue weighted by atomic mass is 32.2. The quantitative estimate of drug-likeness (QED) is 0.828. The first-order valence-electron chi connectivity index (χ1n) is 8.20. The van der Waals surface area contributed by atoms with E-state index in [1.807, 2.05) is 0 Å². The molecule has 1 aliphatic carbocycles. The van der Waals surface area contributed by atoms with Crippen molar-refractivity contribution in [1.29, 1.82) is 0 Å². The number of sulfonamides is 1. The maximum absolute atomic E-state index is 12.7. The molecule has 2 aliphatic rings. The molecule has 0 N–H and O–H groups in total. The van der Waals surface area contributed by atoms with Gasteiger partial charge in [-0.15, -0.1) is 0 Å². The first-order chi connectivity index (χ1) is 10.9. The summed E-state index contributed by atoms with van der Waals surface area (Å²) in [7, 11) is -6.84. The van der Waals surface area contributed by atoms with Crippen molar-refractivity contribution in [3.8, 4) is 0 Å². The standard InChI is InChI=1S/C16H23NO4S2/c18-22(19,14-7-3-1-4-8-14)16-11-12-17(13-16)23(20,21)15-9-5-2-6-10-15/h1,3-4,7-8,15-16H,2,5-6,9-13H2/t16-/m1/s1. The van der Waals surface area contributed by atoms with Crippen LogP contribution in [0.25, 0.3) is 0 Å². The molecule has 0 unspecified atom stereocenters. The van der Waals surface area contributed by atoms with Gasteiger partial charge in [0.1, 0.15) is 0 Å². The van der Waals surface area contributed by atoms with E-state index in [9.17, 15) is 16.8 Å². The second-order valence-electron chi connectivity index (χ2n) is 6.43. The summed E-state index contributed by atoms with van der Waals surface area (Å²) >= 11 is 0. The third-order valence-electron chi connectivity index (χ3n) is 4.95. The Morgan fingerprint density at radius 3 is 2.13 bits per heavy atom. The SMILES string of the molecule is O=S(=O)(c1ccccc1)[C@@H]1CCN(S(=O)(=O)C2CCCCC2)C1. The molecule has 1 saturated carbocycles. The summed E-state index contributed by atoms with van der Waals surface area (Å²) in [5, 5.41) is -0.960. The minimum atomic E-state index is -3.47. The lowest BCUT2D eigenvalue weighted by Crippen LogP contribution is -2.39. The molecule has 1 aromatic carbocycles. The molecule has 3 rings (SSSR count). The topological polar surface area (TPSA) is 71.5 Å². The van der Waals surface area contributed by atoms with Gasteiger partial charge in [0, 0.05) is 13.1 Å². The predicted octanol–water partition coefficient (Wildman–Crippen LogP) is 2.20. The van der Waals surface area contributed by atoms with Crippen LogP contribution < -0.4 is 0 Å². The fourth-order valence-electron chi connectivity index (χ4n) is 3.56. The molecule has 0 radical (unpaired) electrons. The van der Waals surface area contributed by atoms with E-state index in [1.54, 1.807) is 30.3 Å². The minimum absolute atomic E-state index is 0.0933. The molecule has 0 spiro atoms. The van der Waals surface area contributed by atoms with Crippen molar-refractivity contribution in [3.63, 3.8) is 0 Å². The monoisotopic (exact) mass is 357 g/mol. The molecule has 5 nitrogen and oxygen atoms in total. The van der Waals surface area contributed by atoms with E-state index in [1.165, 1.54) is 4.31 Å². The fourth-order valence-corrected chi connectivity index (χ4v) is 7.46. The molecule has 23 heavy (non-hydrogen) atoms. The first kappa shape index (κ1) is 16.9. The van der Waals surface area contributed by atoms with Crippen LogP contribution in [0, 0.1) is 0 Å². The molecule has 1 heterocycles. The molecular formula is C16H23NO4S2. The van der Waals surface area contributed by atoms with E-state index in [2.05, 4.69) is 0 Å². The number of sulfone groups is 1. The van der Waals surface area contributed by atoms with Gasteiger partial charge >= 0.3 is 0 Å².